The summed E-state index contributed by atoms with van der Waals surface area (Å²) in [6.45, 7) is 3.54. The largest absolute Gasteiger partial charge is 0.480 e. The fourth-order valence-electron chi connectivity index (χ4n) is 2.44. The highest BCUT2D eigenvalue weighted by molar-refractivity contribution is 8.00. The molecule has 2 aliphatic heterocycles. The quantitative estimate of drug-likeness (QED) is 0.748. The van der Waals surface area contributed by atoms with Crippen molar-refractivity contribution < 1.29 is 14.7 Å². The highest BCUT2D eigenvalue weighted by atomic mass is 32.2. The molecule has 2 rings (SSSR count). The van der Waals surface area contributed by atoms with Gasteiger partial charge in [0.25, 0.3) is 0 Å². The standard InChI is InChI=1S/C11H18N2O3S/c1-7-13(9(6-17-7)11(15)16)10(14)8-3-2-4-12-5-8/h7-9,12H,2-6H2,1H3,(H,15,16)/t7?,8-,9?/m0/s1. The minimum Gasteiger partial charge on any atom is -0.480 e. The number of thioether (sulfide) groups is 1. The van der Waals surface area contributed by atoms with E-state index in [0.29, 0.717) is 12.3 Å². The van der Waals surface area contributed by atoms with Crippen LogP contribution in [0.15, 0.2) is 0 Å². The number of rotatable bonds is 2. The van der Waals surface area contributed by atoms with Crippen LogP contribution in [-0.4, -0.2) is 52.1 Å². The predicted octanol–water partition coefficient (Wildman–Crippen LogP) is 0.361. The Kier molecular flexibility index (Phi) is 3.93. The molecule has 0 aromatic carbocycles. The second-order valence-electron chi connectivity index (χ2n) is 4.58. The molecule has 0 bridgehead atoms. The summed E-state index contributed by atoms with van der Waals surface area (Å²) >= 11 is 1.54. The number of aliphatic carboxylic acids is 1. The van der Waals surface area contributed by atoms with Crippen molar-refractivity contribution in [3.8, 4) is 0 Å². The molecule has 2 saturated heterocycles. The Balaban J connectivity index is 2.07. The summed E-state index contributed by atoms with van der Waals surface area (Å²) in [6.07, 6.45) is 1.86. The van der Waals surface area contributed by atoms with E-state index in [2.05, 4.69) is 5.32 Å². The molecule has 17 heavy (non-hydrogen) atoms. The van der Waals surface area contributed by atoms with Gasteiger partial charge in [-0.05, 0) is 26.3 Å². The average molecular weight is 258 g/mol. The van der Waals surface area contributed by atoms with Gasteiger partial charge in [0, 0.05) is 12.3 Å². The summed E-state index contributed by atoms with van der Waals surface area (Å²) in [6, 6.07) is -0.649. The molecule has 0 aromatic rings. The first-order valence-corrected chi connectivity index (χ1v) is 7.03. The molecule has 0 aliphatic carbocycles. The van der Waals surface area contributed by atoms with Gasteiger partial charge in [-0.2, -0.15) is 0 Å². The van der Waals surface area contributed by atoms with E-state index in [1.54, 1.807) is 4.90 Å². The Morgan fingerprint density at radius 1 is 1.47 bits per heavy atom. The van der Waals surface area contributed by atoms with Gasteiger partial charge in [0.05, 0.1) is 11.3 Å². The molecule has 2 aliphatic rings. The average Bonchev–Trinajstić information content (AvgIpc) is 2.71. The fourth-order valence-corrected chi connectivity index (χ4v) is 3.62. The lowest BCUT2D eigenvalue weighted by molar-refractivity contribution is -0.151. The monoisotopic (exact) mass is 258 g/mol. The van der Waals surface area contributed by atoms with Gasteiger partial charge >= 0.3 is 5.97 Å². The topological polar surface area (TPSA) is 69.6 Å². The van der Waals surface area contributed by atoms with Crippen molar-refractivity contribution in [1.29, 1.82) is 0 Å². The third-order valence-electron chi connectivity index (χ3n) is 3.41. The Morgan fingerprint density at radius 2 is 2.24 bits per heavy atom. The molecule has 0 saturated carbocycles. The van der Waals surface area contributed by atoms with Gasteiger partial charge in [0.1, 0.15) is 6.04 Å². The molecule has 0 radical (unpaired) electrons. The number of carboxylic acid groups (broad SMARTS) is 1. The second-order valence-corrected chi connectivity index (χ2v) is 5.92. The Morgan fingerprint density at radius 3 is 2.82 bits per heavy atom. The van der Waals surface area contributed by atoms with Gasteiger partial charge in [-0.15, -0.1) is 11.8 Å². The first-order valence-electron chi connectivity index (χ1n) is 5.98. The lowest BCUT2D eigenvalue weighted by Crippen LogP contribution is -2.50. The Bertz CT molecular complexity index is 318. The molecule has 5 nitrogen and oxygen atoms in total. The minimum atomic E-state index is -0.890. The molecule has 2 N–H and O–H groups in total. The van der Waals surface area contributed by atoms with Gasteiger partial charge in [0.2, 0.25) is 5.91 Å². The van der Waals surface area contributed by atoms with Crippen molar-refractivity contribution in [2.45, 2.75) is 31.2 Å². The molecule has 0 spiro atoms. The van der Waals surface area contributed by atoms with E-state index >= 15 is 0 Å². The Hall–Kier alpha value is -0.750. The van der Waals surface area contributed by atoms with Crippen LogP contribution in [0.1, 0.15) is 19.8 Å². The van der Waals surface area contributed by atoms with Crippen LogP contribution in [-0.2, 0) is 9.59 Å². The molecular formula is C11H18N2O3S. The molecule has 2 unspecified atom stereocenters. The number of hydrogen-bond donors (Lipinski definition) is 2. The summed E-state index contributed by atoms with van der Waals surface area (Å²) in [5, 5.41) is 12.3. The third-order valence-corrected chi connectivity index (χ3v) is 4.63. The maximum absolute atomic E-state index is 12.3. The number of amides is 1. The zero-order valence-corrected chi connectivity index (χ0v) is 10.7. The highest BCUT2D eigenvalue weighted by Crippen LogP contribution is 2.31. The minimum absolute atomic E-state index is 0.00194. The predicted molar refractivity (Wildman–Crippen MR) is 65.8 cm³/mol. The van der Waals surface area contributed by atoms with E-state index in [4.69, 9.17) is 5.11 Å². The molecule has 2 fully saturated rings. The van der Waals surface area contributed by atoms with E-state index in [0.717, 1.165) is 19.4 Å². The highest BCUT2D eigenvalue weighted by Gasteiger charge is 2.41. The van der Waals surface area contributed by atoms with E-state index in [1.807, 2.05) is 6.92 Å². The van der Waals surface area contributed by atoms with Crippen LogP contribution in [0, 0.1) is 5.92 Å². The first-order chi connectivity index (χ1) is 8.11. The summed E-state index contributed by atoms with van der Waals surface area (Å²) in [5.41, 5.74) is 0. The summed E-state index contributed by atoms with van der Waals surface area (Å²) < 4.78 is 0. The molecular weight excluding hydrogens is 240 g/mol. The van der Waals surface area contributed by atoms with Crippen molar-refractivity contribution >= 4 is 23.6 Å². The van der Waals surface area contributed by atoms with Gasteiger partial charge < -0.3 is 15.3 Å². The van der Waals surface area contributed by atoms with E-state index in [1.165, 1.54) is 11.8 Å². The zero-order chi connectivity index (χ0) is 12.4. The maximum atomic E-state index is 12.3. The van der Waals surface area contributed by atoms with Gasteiger partial charge in [-0.25, -0.2) is 4.79 Å². The van der Waals surface area contributed by atoms with Gasteiger partial charge in [0.15, 0.2) is 0 Å². The van der Waals surface area contributed by atoms with Crippen LogP contribution in [0.4, 0.5) is 0 Å². The number of piperidine rings is 1. The molecule has 2 heterocycles. The lowest BCUT2D eigenvalue weighted by Gasteiger charge is -2.31. The Labute approximate surface area is 105 Å². The third kappa shape index (κ3) is 2.57. The van der Waals surface area contributed by atoms with E-state index in [-0.39, 0.29) is 17.2 Å². The van der Waals surface area contributed by atoms with Crippen molar-refractivity contribution in [3.05, 3.63) is 0 Å². The number of carbonyl (C=O) groups is 2. The first kappa shape index (κ1) is 12.7. The van der Waals surface area contributed by atoms with Crippen LogP contribution in [0.3, 0.4) is 0 Å². The summed E-state index contributed by atoms with van der Waals surface area (Å²) in [7, 11) is 0. The molecule has 96 valence electrons. The van der Waals surface area contributed by atoms with Crippen LogP contribution < -0.4 is 5.32 Å². The SMILES string of the molecule is CC1SCC(C(=O)O)N1C(=O)[C@H]1CCCNC1. The fraction of sp³-hybridized carbons (Fsp3) is 0.818. The van der Waals surface area contributed by atoms with Crippen LogP contribution in [0.2, 0.25) is 0 Å². The normalized spacial score (nSPS) is 33.7. The number of nitrogens with one attached hydrogen (secondary N) is 1. The van der Waals surface area contributed by atoms with Gasteiger partial charge in [-0.1, -0.05) is 0 Å². The van der Waals surface area contributed by atoms with Crippen molar-refractivity contribution in [1.82, 2.24) is 10.2 Å². The molecule has 1 amide bonds. The van der Waals surface area contributed by atoms with E-state index in [9.17, 15) is 9.59 Å². The van der Waals surface area contributed by atoms with Crippen LogP contribution >= 0.6 is 11.8 Å². The van der Waals surface area contributed by atoms with Crippen molar-refractivity contribution in [2.75, 3.05) is 18.8 Å². The van der Waals surface area contributed by atoms with Crippen molar-refractivity contribution in [3.63, 3.8) is 0 Å². The molecule has 3 atom stereocenters. The summed E-state index contributed by atoms with van der Waals surface area (Å²) in [5.74, 6) is -0.435. The smallest absolute Gasteiger partial charge is 0.327 e. The number of hydrogen-bond acceptors (Lipinski definition) is 4. The molecule has 0 aromatic heterocycles. The maximum Gasteiger partial charge on any atom is 0.327 e. The van der Waals surface area contributed by atoms with E-state index < -0.39 is 12.0 Å². The number of nitrogens with zero attached hydrogens (tertiary/aromatic N) is 1. The lowest BCUT2D eigenvalue weighted by atomic mass is 9.97. The number of carboxylic acids is 1. The van der Waals surface area contributed by atoms with Gasteiger partial charge in [-0.3, -0.25) is 4.79 Å². The van der Waals surface area contributed by atoms with Crippen LogP contribution in [0.25, 0.3) is 0 Å². The zero-order valence-electron chi connectivity index (χ0n) is 9.89. The van der Waals surface area contributed by atoms with Crippen LogP contribution in [0.5, 0.6) is 0 Å². The van der Waals surface area contributed by atoms with Crippen molar-refractivity contribution in [2.24, 2.45) is 5.92 Å². The summed E-state index contributed by atoms with van der Waals surface area (Å²) in [4.78, 5) is 25.0. The molecule has 6 heteroatoms. The second kappa shape index (κ2) is 5.27. The number of carbonyl (C=O) groups excluding carboxylic acids is 1.